The van der Waals surface area contributed by atoms with Gasteiger partial charge in [-0.25, -0.2) is 0 Å². The van der Waals surface area contributed by atoms with Crippen molar-refractivity contribution < 1.29 is 14.3 Å². The molecule has 1 aliphatic heterocycles. The molecular weight excluding hydrogens is 384 g/mol. The molecule has 0 bridgehead atoms. The Labute approximate surface area is 176 Å². The van der Waals surface area contributed by atoms with Crippen LogP contribution in [0, 0.1) is 0 Å². The molecule has 2 aromatic rings. The number of methoxy groups -OCH3 is 1. The molecule has 5 nitrogen and oxygen atoms in total. The Hall–Kier alpha value is -2.83. The van der Waals surface area contributed by atoms with Gasteiger partial charge < -0.3 is 4.74 Å². The molecule has 0 saturated carbocycles. The Morgan fingerprint density at radius 2 is 1.83 bits per heavy atom. The highest BCUT2D eigenvalue weighted by Gasteiger charge is 2.29. The highest BCUT2D eigenvalue weighted by molar-refractivity contribution is 7.80. The number of carbonyl (C=O) groups excluding carboxylic acids is 2. The van der Waals surface area contributed by atoms with Crippen LogP contribution in [-0.2, 0) is 9.53 Å². The van der Waals surface area contributed by atoms with Gasteiger partial charge in [0.1, 0.15) is 12.2 Å². The summed E-state index contributed by atoms with van der Waals surface area (Å²) in [6, 6.07) is 16.8. The second-order valence-corrected chi connectivity index (χ2v) is 7.00. The van der Waals surface area contributed by atoms with Crippen LogP contribution in [0.1, 0.15) is 16.8 Å². The molecule has 1 amide bonds. The van der Waals surface area contributed by atoms with Crippen LogP contribution in [0.2, 0.25) is 0 Å². The van der Waals surface area contributed by atoms with E-state index < -0.39 is 12.2 Å². The van der Waals surface area contributed by atoms with Crippen molar-refractivity contribution in [1.29, 1.82) is 0 Å². The minimum absolute atomic E-state index is 0.156. The van der Waals surface area contributed by atoms with Crippen LogP contribution in [0.5, 0.6) is 0 Å². The average molecular weight is 409 g/mol. The van der Waals surface area contributed by atoms with Crippen molar-refractivity contribution in [3.63, 3.8) is 0 Å². The largest absolute Gasteiger partial charge is 0.468 e. The maximum Gasteiger partial charge on any atom is 0.322 e. The summed E-state index contributed by atoms with van der Waals surface area (Å²) in [6.07, 6.45) is 7.23. The molecule has 29 heavy (non-hydrogen) atoms. The number of nitrogens with one attached hydrogen (secondary N) is 1. The van der Waals surface area contributed by atoms with Crippen molar-refractivity contribution in [1.82, 2.24) is 10.2 Å². The van der Waals surface area contributed by atoms with E-state index in [4.69, 9.17) is 4.74 Å². The maximum absolute atomic E-state index is 13.5. The van der Waals surface area contributed by atoms with E-state index in [2.05, 4.69) is 17.9 Å². The number of thiol groups is 1. The van der Waals surface area contributed by atoms with Crippen LogP contribution in [0.15, 0.2) is 79.0 Å². The van der Waals surface area contributed by atoms with Crippen LogP contribution in [0.3, 0.4) is 0 Å². The second-order valence-electron chi connectivity index (χ2n) is 6.55. The predicted octanol–water partition coefficient (Wildman–Crippen LogP) is 3.66. The van der Waals surface area contributed by atoms with Crippen LogP contribution in [0.25, 0.3) is 11.1 Å². The van der Waals surface area contributed by atoms with Gasteiger partial charge in [-0.2, -0.15) is 12.6 Å². The molecule has 1 aliphatic rings. The van der Waals surface area contributed by atoms with E-state index in [0.29, 0.717) is 17.7 Å². The zero-order valence-electron chi connectivity index (χ0n) is 16.2. The van der Waals surface area contributed by atoms with E-state index in [1.807, 2.05) is 66.7 Å². The summed E-state index contributed by atoms with van der Waals surface area (Å²) < 4.78 is 4.88. The van der Waals surface area contributed by atoms with Gasteiger partial charge in [-0.15, -0.1) is 0 Å². The molecule has 6 heteroatoms. The van der Waals surface area contributed by atoms with Crippen LogP contribution in [0.4, 0.5) is 0 Å². The number of rotatable bonds is 7. The van der Waals surface area contributed by atoms with Crippen molar-refractivity contribution in [3.05, 3.63) is 84.6 Å². The maximum atomic E-state index is 13.5. The topological polar surface area (TPSA) is 58.6 Å². The number of hydrogen-bond donors (Lipinski definition) is 2. The number of amides is 1. The second kappa shape index (κ2) is 10.1. The number of carbonyl (C=O) groups is 2. The Kier molecular flexibility index (Phi) is 7.27. The first-order valence-corrected chi connectivity index (χ1v) is 10.1. The average Bonchev–Trinajstić information content (AvgIpc) is 2.78. The van der Waals surface area contributed by atoms with Gasteiger partial charge in [0, 0.05) is 11.8 Å². The highest BCUT2D eigenvalue weighted by atomic mass is 32.1. The lowest BCUT2D eigenvalue weighted by atomic mass is 9.98. The number of esters is 1. The molecule has 2 atom stereocenters. The lowest BCUT2D eigenvalue weighted by Crippen LogP contribution is -2.52. The van der Waals surface area contributed by atoms with E-state index in [1.165, 1.54) is 7.11 Å². The van der Waals surface area contributed by atoms with Crippen LogP contribution >= 0.6 is 12.6 Å². The third-order valence-electron chi connectivity index (χ3n) is 4.70. The summed E-state index contributed by atoms with van der Waals surface area (Å²) in [5.41, 5.74) is 2.42. The Balaban J connectivity index is 1.89. The standard InChI is InChI=1S/C23H24N2O3S/c1-28-23(27)20(14-16-29)24-21-13-7-8-15-25(21)22(26)19-12-6-5-11-18(19)17-9-3-2-4-10-17/h2-13,15,20-21,24,29H,14,16H2,1H3/t20?,21-/m0/s1. The van der Waals surface area contributed by atoms with E-state index in [-0.39, 0.29) is 11.9 Å². The number of allylic oxidation sites excluding steroid dienone is 2. The molecule has 0 fully saturated rings. The molecule has 150 valence electrons. The minimum Gasteiger partial charge on any atom is -0.468 e. The van der Waals surface area contributed by atoms with Gasteiger partial charge >= 0.3 is 5.97 Å². The van der Waals surface area contributed by atoms with Gasteiger partial charge in [-0.1, -0.05) is 54.6 Å². The molecule has 0 saturated heterocycles. The van der Waals surface area contributed by atoms with Crippen molar-refractivity contribution in [2.45, 2.75) is 18.6 Å². The number of nitrogens with zero attached hydrogens (tertiary/aromatic N) is 1. The molecule has 1 N–H and O–H groups in total. The highest BCUT2D eigenvalue weighted by Crippen LogP contribution is 2.26. The molecule has 0 spiro atoms. The predicted molar refractivity (Wildman–Crippen MR) is 118 cm³/mol. The van der Waals surface area contributed by atoms with E-state index in [9.17, 15) is 9.59 Å². The summed E-state index contributed by atoms with van der Waals surface area (Å²) in [4.78, 5) is 27.1. The first kappa shape index (κ1) is 20.9. The van der Waals surface area contributed by atoms with E-state index in [1.54, 1.807) is 17.2 Å². The van der Waals surface area contributed by atoms with Crippen molar-refractivity contribution in [3.8, 4) is 11.1 Å². The van der Waals surface area contributed by atoms with Crippen molar-refractivity contribution in [2.75, 3.05) is 12.9 Å². The molecule has 1 heterocycles. The zero-order chi connectivity index (χ0) is 20.6. The third kappa shape index (κ3) is 4.96. The van der Waals surface area contributed by atoms with Gasteiger partial charge in [-0.3, -0.25) is 19.8 Å². The van der Waals surface area contributed by atoms with Gasteiger partial charge in [0.15, 0.2) is 0 Å². The van der Waals surface area contributed by atoms with Gasteiger partial charge in [0.05, 0.1) is 7.11 Å². The molecule has 3 rings (SSSR count). The lowest BCUT2D eigenvalue weighted by molar-refractivity contribution is -0.143. The summed E-state index contributed by atoms with van der Waals surface area (Å²) in [7, 11) is 1.35. The minimum atomic E-state index is -0.557. The fourth-order valence-corrected chi connectivity index (χ4v) is 3.51. The SMILES string of the molecule is COC(=O)C(CCS)N[C@@H]1C=CC=CN1C(=O)c1ccccc1-c1ccccc1. The van der Waals surface area contributed by atoms with Crippen molar-refractivity contribution >= 4 is 24.5 Å². The first-order valence-electron chi connectivity index (χ1n) is 9.42. The summed E-state index contributed by atoms with van der Waals surface area (Å²) in [5, 5.41) is 3.21. The fraction of sp³-hybridized carbons (Fsp3) is 0.217. The smallest absolute Gasteiger partial charge is 0.322 e. The normalized spacial score (nSPS) is 16.5. The zero-order valence-corrected chi connectivity index (χ0v) is 17.1. The number of ether oxygens (including phenoxy) is 1. The monoisotopic (exact) mass is 408 g/mol. The third-order valence-corrected chi connectivity index (χ3v) is 4.96. The number of benzene rings is 2. The molecule has 2 aromatic carbocycles. The summed E-state index contributed by atoms with van der Waals surface area (Å²) in [5.74, 6) is -0.0137. The lowest BCUT2D eigenvalue weighted by Gasteiger charge is -2.32. The Bertz CT molecular complexity index is 911. The molecule has 0 aromatic heterocycles. The van der Waals surface area contributed by atoms with Gasteiger partial charge in [0.25, 0.3) is 5.91 Å². The summed E-state index contributed by atoms with van der Waals surface area (Å²) in [6.45, 7) is 0. The Morgan fingerprint density at radius 3 is 2.55 bits per heavy atom. The fourth-order valence-electron chi connectivity index (χ4n) is 3.25. The van der Waals surface area contributed by atoms with E-state index >= 15 is 0 Å². The molecule has 0 radical (unpaired) electrons. The van der Waals surface area contributed by atoms with Crippen molar-refractivity contribution in [2.24, 2.45) is 0 Å². The first-order chi connectivity index (χ1) is 14.2. The molecular formula is C23H24N2O3S. The van der Waals surface area contributed by atoms with Crippen LogP contribution in [-0.4, -0.2) is 41.8 Å². The summed E-state index contributed by atoms with van der Waals surface area (Å²) >= 11 is 4.23. The van der Waals surface area contributed by atoms with Gasteiger partial charge in [0.2, 0.25) is 0 Å². The van der Waals surface area contributed by atoms with E-state index in [0.717, 1.165) is 11.1 Å². The number of hydrogen-bond acceptors (Lipinski definition) is 5. The Morgan fingerprint density at radius 1 is 1.10 bits per heavy atom. The molecule has 1 unspecified atom stereocenters. The molecule has 0 aliphatic carbocycles. The van der Waals surface area contributed by atoms with Crippen LogP contribution < -0.4 is 5.32 Å². The quantitative estimate of drug-likeness (QED) is 0.542. The van der Waals surface area contributed by atoms with Gasteiger partial charge in [-0.05, 0) is 41.5 Å².